The van der Waals surface area contributed by atoms with Crippen LogP contribution in [0.15, 0.2) is 57.8 Å². The summed E-state index contributed by atoms with van der Waals surface area (Å²) < 4.78 is 5.84. The molecule has 2 heteroatoms. The third-order valence-corrected chi connectivity index (χ3v) is 3.28. The molecular formula is C18H16O2. The molecule has 0 spiro atoms. The zero-order chi connectivity index (χ0) is 14.1. The van der Waals surface area contributed by atoms with E-state index in [0.717, 1.165) is 5.56 Å². The van der Waals surface area contributed by atoms with Crippen LogP contribution in [0, 0.1) is 5.92 Å². The van der Waals surface area contributed by atoms with Crippen molar-refractivity contribution in [1.82, 2.24) is 0 Å². The lowest BCUT2D eigenvalue weighted by molar-refractivity contribution is 0.660. The summed E-state index contributed by atoms with van der Waals surface area (Å²) in [5, 5.41) is 1.26. The Hall–Kier alpha value is -2.35. The van der Waals surface area contributed by atoms with Gasteiger partial charge in [-0.15, -0.1) is 0 Å². The fourth-order valence-corrected chi connectivity index (χ4v) is 2.22. The Labute approximate surface area is 117 Å². The summed E-state index contributed by atoms with van der Waals surface area (Å²) in [6.07, 6.45) is 4.18. The first-order valence-corrected chi connectivity index (χ1v) is 6.79. The summed E-state index contributed by atoms with van der Waals surface area (Å²) in [7, 11) is 0. The number of rotatable bonds is 2. The molecular weight excluding hydrogens is 248 g/mol. The molecule has 3 rings (SSSR count). The van der Waals surface area contributed by atoms with Crippen LogP contribution in [-0.4, -0.2) is 0 Å². The Morgan fingerprint density at radius 1 is 1.00 bits per heavy atom. The largest absolute Gasteiger partial charge is 0.456 e. The second-order valence-electron chi connectivity index (χ2n) is 5.29. The molecule has 0 fully saturated rings. The van der Waals surface area contributed by atoms with Gasteiger partial charge >= 0.3 is 0 Å². The summed E-state index contributed by atoms with van der Waals surface area (Å²) in [5.41, 5.74) is 2.35. The van der Waals surface area contributed by atoms with Crippen LogP contribution < -0.4 is 5.43 Å². The molecule has 0 atom stereocenters. The van der Waals surface area contributed by atoms with Crippen molar-refractivity contribution in [2.45, 2.75) is 13.8 Å². The summed E-state index contributed by atoms with van der Waals surface area (Å²) in [4.78, 5) is 12.4. The van der Waals surface area contributed by atoms with Crippen LogP contribution in [0.2, 0.25) is 0 Å². The van der Waals surface area contributed by atoms with Crippen molar-refractivity contribution in [3.8, 4) is 0 Å². The van der Waals surface area contributed by atoms with Crippen molar-refractivity contribution in [2.24, 2.45) is 5.92 Å². The lowest BCUT2D eigenvalue weighted by atomic mass is 10.1. The molecule has 0 N–H and O–H groups in total. The van der Waals surface area contributed by atoms with Crippen molar-refractivity contribution in [1.29, 1.82) is 0 Å². The van der Waals surface area contributed by atoms with E-state index >= 15 is 0 Å². The van der Waals surface area contributed by atoms with Crippen molar-refractivity contribution in [3.05, 3.63) is 64.3 Å². The van der Waals surface area contributed by atoms with E-state index in [4.69, 9.17) is 4.42 Å². The van der Waals surface area contributed by atoms with E-state index in [1.165, 1.54) is 0 Å². The van der Waals surface area contributed by atoms with Crippen molar-refractivity contribution in [3.63, 3.8) is 0 Å². The number of benzene rings is 2. The van der Waals surface area contributed by atoms with Crippen LogP contribution in [0.3, 0.4) is 0 Å². The second-order valence-corrected chi connectivity index (χ2v) is 5.29. The SMILES string of the molecule is CC(C)/C=C/c1ccc2c(=O)c3ccccc3oc2c1. The highest BCUT2D eigenvalue weighted by atomic mass is 16.3. The number of hydrogen-bond acceptors (Lipinski definition) is 2. The summed E-state index contributed by atoms with van der Waals surface area (Å²) in [6, 6.07) is 13.1. The van der Waals surface area contributed by atoms with Crippen molar-refractivity contribution in [2.75, 3.05) is 0 Å². The van der Waals surface area contributed by atoms with Gasteiger partial charge < -0.3 is 4.42 Å². The zero-order valence-corrected chi connectivity index (χ0v) is 11.6. The molecule has 0 saturated heterocycles. The molecule has 0 aliphatic carbocycles. The number of para-hydroxylation sites is 1. The topological polar surface area (TPSA) is 30.2 Å². The molecule has 0 aliphatic rings. The van der Waals surface area contributed by atoms with E-state index in [1.807, 2.05) is 36.4 Å². The predicted molar refractivity (Wildman–Crippen MR) is 83.9 cm³/mol. The van der Waals surface area contributed by atoms with Crippen LogP contribution in [0.4, 0.5) is 0 Å². The molecule has 2 nitrogen and oxygen atoms in total. The Kier molecular flexibility index (Phi) is 3.15. The van der Waals surface area contributed by atoms with Gasteiger partial charge in [-0.3, -0.25) is 4.79 Å². The first-order chi connectivity index (χ1) is 9.65. The first-order valence-electron chi connectivity index (χ1n) is 6.79. The standard InChI is InChI=1S/C18H16O2/c1-12(2)7-8-13-9-10-15-17(11-13)20-16-6-4-3-5-14(16)18(15)19/h3-12H,1-2H3/b8-7+. The van der Waals surface area contributed by atoms with Gasteiger partial charge in [-0.25, -0.2) is 0 Å². The molecule has 1 aromatic heterocycles. The smallest absolute Gasteiger partial charge is 0.200 e. The first kappa shape index (κ1) is 12.7. The van der Waals surface area contributed by atoms with Gasteiger partial charge in [-0.2, -0.15) is 0 Å². The highest BCUT2D eigenvalue weighted by Crippen LogP contribution is 2.20. The van der Waals surface area contributed by atoms with Gasteiger partial charge in [0.15, 0.2) is 0 Å². The van der Waals surface area contributed by atoms with Gasteiger partial charge in [0.1, 0.15) is 11.2 Å². The minimum Gasteiger partial charge on any atom is -0.456 e. The average molecular weight is 264 g/mol. The van der Waals surface area contributed by atoms with Gasteiger partial charge in [0.2, 0.25) is 5.43 Å². The summed E-state index contributed by atoms with van der Waals surface area (Å²) in [6.45, 7) is 4.26. The zero-order valence-electron chi connectivity index (χ0n) is 11.6. The number of hydrogen-bond donors (Lipinski definition) is 0. The van der Waals surface area contributed by atoms with Gasteiger partial charge in [0.05, 0.1) is 10.8 Å². The Morgan fingerprint density at radius 2 is 1.75 bits per heavy atom. The number of allylic oxidation sites excluding steroid dienone is 1. The molecule has 0 unspecified atom stereocenters. The van der Waals surface area contributed by atoms with E-state index in [0.29, 0.717) is 27.9 Å². The summed E-state index contributed by atoms with van der Waals surface area (Å²) in [5.74, 6) is 0.495. The van der Waals surface area contributed by atoms with Gasteiger partial charge in [-0.05, 0) is 35.7 Å². The molecule has 0 radical (unpaired) electrons. The Balaban J connectivity index is 2.24. The van der Waals surface area contributed by atoms with E-state index < -0.39 is 0 Å². The maximum absolute atomic E-state index is 12.4. The third kappa shape index (κ3) is 2.25. The molecule has 100 valence electrons. The second kappa shape index (κ2) is 4.97. The van der Waals surface area contributed by atoms with Crippen LogP contribution in [0.1, 0.15) is 19.4 Å². The third-order valence-electron chi connectivity index (χ3n) is 3.28. The maximum atomic E-state index is 12.4. The minimum atomic E-state index is 0.0289. The normalized spacial score (nSPS) is 11.9. The van der Waals surface area contributed by atoms with Crippen LogP contribution in [0.5, 0.6) is 0 Å². The van der Waals surface area contributed by atoms with Crippen molar-refractivity contribution < 1.29 is 4.42 Å². The maximum Gasteiger partial charge on any atom is 0.200 e. The summed E-state index contributed by atoms with van der Waals surface area (Å²) >= 11 is 0. The van der Waals surface area contributed by atoms with Crippen molar-refractivity contribution >= 4 is 28.0 Å². The minimum absolute atomic E-state index is 0.0289. The molecule has 20 heavy (non-hydrogen) atoms. The van der Waals surface area contributed by atoms with Gasteiger partial charge in [-0.1, -0.05) is 44.2 Å². The molecule has 1 heterocycles. The molecule has 0 saturated carbocycles. The Morgan fingerprint density at radius 3 is 2.55 bits per heavy atom. The number of fused-ring (bicyclic) bond motifs is 2. The van der Waals surface area contributed by atoms with E-state index in [9.17, 15) is 4.79 Å². The highest BCUT2D eigenvalue weighted by molar-refractivity contribution is 5.90. The lowest BCUT2D eigenvalue weighted by Crippen LogP contribution is -2.01. The predicted octanol–water partition coefficient (Wildman–Crippen LogP) is 4.62. The van der Waals surface area contributed by atoms with Gasteiger partial charge in [0, 0.05) is 0 Å². The molecule has 0 amide bonds. The fourth-order valence-electron chi connectivity index (χ4n) is 2.22. The molecule has 3 aromatic rings. The average Bonchev–Trinajstić information content (AvgIpc) is 2.45. The van der Waals surface area contributed by atoms with Crippen LogP contribution >= 0.6 is 0 Å². The molecule has 0 aliphatic heterocycles. The molecule has 2 aromatic carbocycles. The van der Waals surface area contributed by atoms with E-state index in [1.54, 1.807) is 6.07 Å². The van der Waals surface area contributed by atoms with Gasteiger partial charge in [0.25, 0.3) is 0 Å². The lowest BCUT2D eigenvalue weighted by Gasteiger charge is -2.02. The highest BCUT2D eigenvalue weighted by Gasteiger charge is 2.06. The van der Waals surface area contributed by atoms with Crippen LogP contribution in [0.25, 0.3) is 28.0 Å². The Bertz CT molecular complexity index is 854. The monoisotopic (exact) mass is 264 g/mol. The van der Waals surface area contributed by atoms with E-state index in [-0.39, 0.29) is 5.43 Å². The van der Waals surface area contributed by atoms with Crippen LogP contribution in [-0.2, 0) is 0 Å². The van der Waals surface area contributed by atoms with E-state index in [2.05, 4.69) is 26.0 Å². The quantitative estimate of drug-likeness (QED) is 0.632. The molecule has 0 bridgehead atoms. The fraction of sp³-hybridized carbons (Fsp3) is 0.167.